The largest absolute Gasteiger partial charge is 0.495 e. The van der Waals surface area contributed by atoms with Crippen molar-refractivity contribution in [1.82, 2.24) is 21.1 Å². The molecule has 2 atom stereocenters. The lowest BCUT2D eigenvalue weighted by molar-refractivity contribution is 0.0951. The minimum absolute atomic E-state index is 0.127. The van der Waals surface area contributed by atoms with Gasteiger partial charge in [-0.05, 0) is 57.2 Å². The summed E-state index contributed by atoms with van der Waals surface area (Å²) in [6.07, 6.45) is 2.95. The topological polar surface area (TPSA) is 94.7 Å². The number of urea groups is 1. The Bertz CT molecular complexity index is 712. The minimum Gasteiger partial charge on any atom is -0.495 e. The maximum Gasteiger partial charge on any atom is 0.321 e. The zero-order valence-electron chi connectivity index (χ0n) is 17.0. The Morgan fingerprint density at radius 2 is 1.89 bits per heavy atom. The molecule has 8 nitrogen and oxygen atoms in total. The number of benzene rings is 1. The van der Waals surface area contributed by atoms with Crippen molar-refractivity contribution < 1.29 is 14.3 Å². The van der Waals surface area contributed by atoms with Crippen molar-refractivity contribution in [2.24, 2.45) is 5.92 Å². The molecule has 28 heavy (non-hydrogen) atoms. The van der Waals surface area contributed by atoms with Crippen molar-refractivity contribution in [2.75, 3.05) is 26.0 Å². The molecule has 1 aromatic rings. The van der Waals surface area contributed by atoms with Crippen molar-refractivity contribution in [3.63, 3.8) is 0 Å². The third kappa shape index (κ3) is 4.94. The summed E-state index contributed by atoms with van der Waals surface area (Å²) < 4.78 is 5.34. The van der Waals surface area contributed by atoms with Crippen LogP contribution in [-0.2, 0) is 0 Å². The molecule has 3 amide bonds. The molecule has 2 unspecified atom stereocenters. The molecule has 3 rings (SSSR count). The van der Waals surface area contributed by atoms with Gasteiger partial charge in [0, 0.05) is 37.3 Å². The molecule has 1 aliphatic carbocycles. The SMILES string of the molecule is COc1ccc(C(=O)NC2CC2)cc1NC(=O)N(C)CCC1C(C)NNC1C. The van der Waals surface area contributed by atoms with Gasteiger partial charge in [0.1, 0.15) is 5.75 Å². The third-order valence-corrected chi connectivity index (χ3v) is 5.58. The molecule has 0 aromatic heterocycles. The fraction of sp³-hybridized carbons (Fsp3) is 0.600. The first kappa shape index (κ1) is 20.4. The summed E-state index contributed by atoms with van der Waals surface area (Å²) in [5.41, 5.74) is 7.48. The Kier molecular flexibility index (Phi) is 6.41. The highest BCUT2D eigenvalue weighted by Crippen LogP contribution is 2.27. The van der Waals surface area contributed by atoms with Crippen molar-refractivity contribution in [1.29, 1.82) is 0 Å². The van der Waals surface area contributed by atoms with Crippen molar-refractivity contribution in [2.45, 2.75) is 51.2 Å². The third-order valence-electron chi connectivity index (χ3n) is 5.58. The molecule has 2 aliphatic rings. The lowest BCUT2D eigenvalue weighted by Crippen LogP contribution is -2.35. The monoisotopic (exact) mass is 389 g/mol. The van der Waals surface area contributed by atoms with Crippen molar-refractivity contribution in [3.8, 4) is 5.75 Å². The van der Waals surface area contributed by atoms with Gasteiger partial charge in [-0.2, -0.15) is 0 Å². The van der Waals surface area contributed by atoms with Gasteiger partial charge in [-0.25, -0.2) is 4.79 Å². The van der Waals surface area contributed by atoms with E-state index in [0.717, 1.165) is 19.3 Å². The summed E-state index contributed by atoms with van der Waals surface area (Å²) in [6.45, 7) is 4.92. The molecule has 2 fully saturated rings. The average Bonchev–Trinajstić information content (AvgIpc) is 3.44. The van der Waals surface area contributed by atoms with Gasteiger partial charge < -0.3 is 20.3 Å². The molecule has 8 heteroatoms. The molecule has 0 radical (unpaired) electrons. The number of nitrogens with one attached hydrogen (secondary N) is 4. The Morgan fingerprint density at radius 1 is 1.21 bits per heavy atom. The number of rotatable bonds is 7. The number of carbonyl (C=O) groups excluding carboxylic acids is 2. The van der Waals surface area contributed by atoms with Gasteiger partial charge in [0.15, 0.2) is 0 Å². The Balaban J connectivity index is 1.60. The quantitative estimate of drug-likeness (QED) is 0.572. The van der Waals surface area contributed by atoms with Gasteiger partial charge in [-0.1, -0.05) is 0 Å². The van der Waals surface area contributed by atoms with Gasteiger partial charge in [-0.15, -0.1) is 0 Å². The van der Waals surface area contributed by atoms with E-state index < -0.39 is 0 Å². The smallest absolute Gasteiger partial charge is 0.321 e. The maximum absolute atomic E-state index is 12.6. The Hall–Kier alpha value is -2.32. The number of hydrogen-bond donors (Lipinski definition) is 4. The molecule has 0 bridgehead atoms. The fourth-order valence-corrected chi connectivity index (χ4v) is 3.51. The highest BCUT2D eigenvalue weighted by Gasteiger charge is 2.30. The van der Waals surface area contributed by atoms with Gasteiger partial charge in [0.25, 0.3) is 5.91 Å². The highest BCUT2D eigenvalue weighted by atomic mass is 16.5. The molecule has 1 aromatic carbocycles. The molecule has 1 saturated heterocycles. The molecule has 154 valence electrons. The summed E-state index contributed by atoms with van der Waals surface area (Å²) >= 11 is 0. The predicted octanol–water partition coefficient (Wildman–Crippen LogP) is 1.94. The van der Waals surface area contributed by atoms with Crippen molar-refractivity contribution >= 4 is 17.6 Å². The number of ether oxygens (including phenoxy) is 1. The number of hydrogen-bond acceptors (Lipinski definition) is 5. The second kappa shape index (κ2) is 8.79. The fourth-order valence-electron chi connectivity index (χ4n) is 3.51. The number of hydrazine groups is 1. The summed E-state index contributed by atoms with van der Waals surface area (Å²) in [7, 11) is 3.32. The van der Waals surface area contributed by atoms with E-state index in [2.05, 4.69) is 35.3 Å². The van der Waals surface area contributed by atoms with E-state index in [9.17, 15) is 9.59 Å². The van der Waals surface area contributed by atoms with E-state index in [1.165, 1.54) is 0 Å². The van der Waals surface area contributed by atoms with Gasteiger partial charge in [0.2, 0.25) is 0 Å². The van der Waals surface area contributed by atoms with Crippen LogP contribution >= 0.6 is 0 Å². The zero-order valence-corrected chi connectivity index (χ0v) is 17.0. The standard InChI is InChI=1S/C20H31N5O3/c1-12-16(13(2)24-23-12)9-10-25(3)20(27)22-17-11-14(5-8-18(17)28-4)19(26)21-15-6-7-15/h5,8,11-13,15-16,23-24H,6-7,9-10H2,1-4H3,(H,21,26)(H,22,27). The Morgan fingerprint density at radius 3 is 2.50 bits per heavy atom. The van der Waals surface area contributed by atoms with Crippen LogP contribution in [0.4, 0.5) is 10.5 Å². The predicted molar refractivity (Wildman–Crippen MR) is 108 cm³/mol. The molecule has 4 N–H and O–H groups in total. The minimum atomic E-state index is -0.225. The first-order chi connectivity index (χ1) is 13.4. The maximum atomic E-state index is 12.6. The molecule has 1 saturated carbocycles. The van der Waals surface area contributed by atoms with Crippen LogP contribution in [0.25, 0.3) is 0 Å². The molecular formula is C20H31N5O3. The van der Waals surface area contributed by atoms with Crippen LogP contribution in [0.3, 0.4) is 0 Å². The summed E-state index contributed by atoms with van der Waals surface area (Å²) in [5, 5.41) is 5.83. The average molecular weight is 390 g/mol. The zero-order chi connectivity index (χ0) is 20.3. The molecular weight excluding hydrogens is 358 g/mol. The first-order valence-electron chi connectivity index (χ1n) is 9.91. The lowest BCUT2D eigenvalue weighted by atomic mass is 9.93. The van der Waals surface area contributed by atoms with Gasteiger partial charge >= 0.3 is 6.03 Å². The number of carbonyl (C=O) groups is 2. The first-order valence-corrected chi connectivity index (χ1v) is 9.91. The van der Waals surface area contributed by atoms with E-state index in [1.807, 2.05) is 0 Å². The number of anilines is 1. The van der Waals surface area contributed by atoms with Crippen LogP contribution in [0.1, 0.15) is 43.5 Å². The van der Waals surface area contributed by atoms with E-state index in [1.54, 1.807) is 37.3 Å². The lowest BCUT2D eigenvalue weighted by Gasteiger charge is -2.23. The van der Waals surface area contributed by atoms with Crippen LogP contribution in [-0.4, -0.2) is 55.7 Å². The van der Waals surface area contributed by atoms with Crippen LogP contribution in [0.2, 0.25) is 0 Å². The van der Waals surface area contributed by atoms with Crippen LogP contribution in [0, 0.1) is 5.92 Å². The number of methoxy groups -OCH3 is 1. The Labute approximate surface area is 166 Å². The summed E-state index contributed by atoms with van der Waals surface area (Å²) in [4.78, 5) is 26.6. The van der Waals surface area contributed by atoms with Gasteiger partial charge in [-0.3, -0.25) is 15.6 Å². The van der Waals surface area contributed by atoms with E-state index in [-0.39, 0.29) is 18.0 Å². The second-order valence-corrected chi connectivity index (χ2v) is 7.83. The normalized spacial score (nSPS) is 23.9. The van der Waals surface area contributed by atoms with Crippen molar-refractivity contribution in [3.05, 3.63) is 23.8 Å². The van der Waals surface area contributed by atoms with E-state index >= 15 is 0 Å². The number of nitrogens with zero attached hydrogens (tertiary/aromatic N) is 1. The van der Waals surface area contributed by atoms with Gasteiger partial charge in [0.05, 0.1) is 12.8 Å². The molecule has 0 spiro atoms. The van der Waals surface area contributed by atoms with E-state index in [4.69, 9.17) is 4.74 Å². The summed E-state index contributed by atoms with van der Waals surface area (Å²) in [6, 6.07) is 5.87. The molecule has 1 heterocycles. The molecule has 1 aliphatic heterocycles. The number of amides is 3. The second-order valence-electron chi connectivity index (χ2n) is 7.83. The summed E-state index contributed by atoms with van der Waals surface area (Å²) in [5.74, 6) is 0.855. The highest BCUT2D eigenvalue weighted by molar-refractivity contribution is 5.98. The van der Waals surface area contributed by atoms with Crippen LogP contribution < -0.4 is 26.2 Å². The van der Waals surface area contributed by atoms with Crippen LogP contribution in [0.15, 0.2) is 18.2 Å². The van der Waals surface area contributed by atoms with E-state index in [0.29, 0.717) is 41.5 Å². The van der Waals surface area contributed by atoms with Crippen LogP contribution in [0.5, 0.6) is 5.75 Å².